The quantitative estimate of drug-likeness (QED) is 0.849. The van der Waals surface area contributed by atoms with Crippen molar-refractivity contribution < 1.29 is 9.59 Å². The first-order chi connectivity index (χ1) is 13.6. The summed E-state index contributed by atoms with van der Waals surface area (Å²) in [7, 11) is 0. The van der Waals surface area contributed by atoms with Gasteiger partial charge in [-0.25, -0.2) is 0 Å². The number of piperidine rings is 1. The van der Waals surface area contributed by atoms with Crippen LogP contribution in [0, 0.1) is 11.8 Å². The van der Waals surface area contributed by atoms with Gasteiger partial charge in [-0.05, 0) is 75.2 Å². The molecule has 28 heavy (non-hydrogen) atoms. The second-order valence-electron chi connectivity index (χ2n) is 8.90. The van der Waals surface area contributed by atoms with Crippen molar-refractivity contribution in [2.24, 2.45) is 17.6 Å². The Balaban J connectivity index is 1.35. The molecule has 0 radical (unpaired) electrons. The molecule has 2 N–H and O–H groups in total. The summed E-state index contributed by atoms with van der Waals surface area (Å²) in [6.45, 7) is 3.96. The Labute approximate surface area is 168 Å². The van der Waals surface area contributed by atoms with E-state index in [1.54, 1.807) is 6.07 Å². The number of hydrogen-bond donors (Lipinski definition) is 1. The van der Waals surface area contributed by atoms with Gasteiger partial charge in [0, 0.05) is 30.6 Å². The van der Waals surface area contributed by atoms with Gasteiger partial charge in [-0.15, -0.1) is 0 Å². The van der Waals surface area contributed by atoms with Gasteiger partial charge in [0.05, 0.1) is 0 Å². The molecule has 0 aromatic heterocycles. The molecule has 1 aromatic rings. The third-order valence-electron chi connectivity index (χ3n) is 6.80. The van der Waals surface area contributed by atoms with Crippen molar-refractivity contribution in [2.75, 3.05) is 19.6 Å². The van der Waals surface area contributed by atoms with Gasteiger partial charge >= 0.3 is 0 Å². The van der Waals surface area contributed by atoms with Crippen molar-refractivity contribution in [1.29, 1.82) is 0 Å². The molecule has 2 amide bonds. The molecule has 4 rings (SSSR count). The zero-order valence-corrected chi connectivity index (χ0v) is 16.8. The molecule has 152 valence electrons. The first-order valence-corrected chi connectivity index (χ1v) is 11.0. The molecule has 2 heterocycles. The number of benzene rings is 1. The van der Waals surface area contributed by atoms with E-state index in [1.165, 1.54) is 25.7 Å². The summed E-state index contributed by atoms with van der Waals surface area (Å²) in [6, 6.07) is 8.12. The third kappa shape index (κ3) is 4.57. The fourth-order valence-electron chi connectivity index (χ4n) is 5.04. The Bertz CT molecular complexity index is 708. The van der Waals surface area contributed by atoms with E-state index < -0.39 is 0 Å². The number of amides is 2. The molecule has 2 aliphatic heterocycles. The summed E-state index contributed by atoms with van der Waals surface area (Å²) >= 11 is 0. The van der Waals surface area contributed by atoms with E-state index in [-0.39, 0.29) is 5.91 Å². The Kier molecular flexibility index (Phi) is 6.00. The van der Waals surface area contributed by atoms with E-state index in [0.29, 0.717) is 29.3 Å². The monoisotopic (exact) mass is 383 g/mol. The van der Waals surface area contributed by atoms with Crippen molar-refractivity contribution >= 4 is 11.8 Å². The van der Waals surface area contributed by atoms with E-state index in [2.05, 4.69) is 15.9 Å². The fourth-order valence-corrected chi connectivity index (χ4v) is 5.04. The highest BCUT2D eigenvalue weighted by atomic mass is 16.2. The largest absolute Gasteiger partial charge is 0.366 e. The third-order valence-corrected chi connectivity index (χ3v) is 6.80. The number of rotatable bonds is 5. The summed E-state index contributed by atoms with van der Waals surface area (Å²) in [4.78, 5) is 29.0. The molecular weight excluding hydrogens is 350 g/mol. The molecule has 5 heteroatoms. The highest BCUT2D eigenvalue weighted by molar-refractivity contribution is 5.92. The molecular formula is C23H33N3O2. The number of carbonyl (C=O) groups is 2. The minimum Gasteiger partial charge on any atom is -0.366 e. The second kappa shape index (κ2) is 8.64. The Hall–Kier alpha value is -1.88. The van der Waals surface area contributed by atoms with Crippen LogP contribution < -0.4 is 5.73 Å². The number of nitrogens with zero attached hydrogens (tertiary/aromatic N) is 2. The molecule has 1 saturated carbocycles. The Morgan fingerprint density at radius 3 is 2.46 bits per heavy atom. The van der Waals surface area contributed by atoms with Gasteiger partial charge in [0.25, 0.3) is 0 Å². The standard InChI is InChI=1S/C23H33N3O2/c24-22(27)20-6-4-5-17(15-20)16-25-13-10-18(11-14-25)21-7-2-1-3-12-26(21)23(28)19-8-9-19/h4-6,15,18-19,21H,1-3,7-14,16H2,(H2,24,27). The minimum absolute atomic E-state index is 0.332. The zero-order valence-electron chi connectivity index (χ0n) is 16.8. The molecule has 2 saturated heterocycles. The van der Waals surface area contributed by atoms with E-state index in [0.717, 1.165) is 57.4 Å². The second-order valence-corrected chi connectivity index (χ2v) is 8.90. The maximum Gasteiger partial charge on any atom is 0.248 e. The summed E-state index contributed by atoms with van der Waals surface area (Å²) in [5.41, 5.74) is 7.14. The van der Waals surface area contributed by atoms with E-state index in [1.807, 2.05) is 12.1 Å². The van der Waals surface area contributed by atoms with Crippen LogP contribution in [0.15, 0.2) is 24.3 Å². The SMILES string of the molecule is NC(=O)c1cccc(CN2CCC(C3CCCCCN3C(=O)C3CC3)CC2)c1. The van der Waals surface area contributed by atoms with Crippen LogP contribution >= 0.6 is 0 Å². The summed E-state index contributed by atoms with van der Waals surface area (Å²) in [6.07, 6.45) is 9.41. The molecule has 0 bridgehead atoms. The average molecular weight is 384 g/mol. The predicted octanol–water partition coefficient (Wildman–Crippen LogP) is 3.18. The van der Waals surface area contributed by atoms with Crippen LogP contribution in [0.3, 0.4) is 0 Å². The van der Waals surface area contributed by atoms with Crippen LogP contribution in [0.1, 0.15) is 67.3 Å². The first kappa shape index (κ1) is 19.4. The lowest BCUT2D eigenvalue weighted by atomic mass is 9.85. The van der Waals surface area contributed by atoms with Crippen LogP contribution in [0.2, 0.25) is 0 Å². The number of nitrogens with two attached hydrogens (primary N) is 1. The molecule has 5 nitrogen and oxygen atoms in total. The number of hydrogen-bond acceptors (Lipinski definition) is 3. The van der Waals surface area contributed by atoms with E-state index in [9.17, 15) is 9.59 Å². The Morgan fingerprint density at radius 2 is 1.75 bits per heavy atom. The normalized spacial score (nSPS) is 24.7. The van der Waals surface area contributed by atoms with Crippen molar-refractivity contribution in [3.05, 3.63) is 35.4 Å². The van der Waals surface area contributed by atoms with Gasteiger partial charge in [-0.3, -0.25) is 14.5 Å². The van der Waals surface area contributed by atoms with Crippen LogP contribution in [0.25, 0.3) is 0 Å². The summed E-state index contributed by atoms with van der Waals surface area (Å²) in [5.74, 6) is 1.04. The van der Waals surface area contributed by atoms with Crippen LogP contribution in [-0.2, 0) is 11.3 Å². The van der Waals surface area contributed by atoms with Crippen molar-refractivity contribution in [3.63, 3.8) is 0 Å². The lowest BCUT2D eigenvalue weighted by molar-refractivity contribution is -0.136. The molecule has 1 aliphatic carbocycles. The molecule has 3 fully saturated rings. The number of carbonyl (C=O) groups excluding carboxylic acids is 2. The maximum absolute atomic E-state index is 12.8. The van der Waals surface area contributed by atoms with Crippen molar-refractivity contribution in [1.82, 2.24) is 9.80 Å². The average Bonchev–Trinajstić information content (AvgIpc) is 3.55. The van der Waals surface area contributed by atoms with Gasteiger partial charge in [0.2, 0.25) is 11.8 Å². The van der Waals surface area contributed by atoms with Gasteiger partial charge in [0.15, 0.2) is 0 Å². The van der Waals surface area contributed by atoms with Gasteiger partial charge in [0.1, 0.15) is 0 Å². The number of primary amides is 1. The van der Waals surface area contributed by atoms with E-state index >= 15 is 0 Å². The predicted molar refractivity (Wildman–Crippen MR) is 110 cm³/mol. The van der Waals surface area contributed by atoms with E-state index in [4.69, 9.17) is 5.73 Å². The maximum atomic E-state index is 12.8. The van der Waals surface area contributed by atoms with Crippen molar-refractivity contribution in [3.8, 4) is 0 Å². The molecule has 1 aromatic carbocycles. The lowest BCUT2D eigenvalue weighted by Gasteiger charge is -2.41. The smallest absolute Gasteiger partial charge is 0.248 e. The zero-order chi connectivity index (χ0) is 19.5. The van der Waals surface area contributed by atoms with Gasteiger partial charge in [-0.2, -0.15) is 0 Å². The Morgan fingerprint density at radius 1 is 0.964 bits per heavy atom. The molecule has 1 unspecified atom stereocenters. The highest BCUT2D eigenvalue weighted by Gasteiger charge is 2.39. The van der Waals surface area contributed by atoms with Crippen LogP contribution in [0.4, 0.5) is 0 Å². The van der Waals surface area contributed by atoms with Crippen LogP contribution in [-0.4, -0.2) is 47.3 Å². The first-order valence-electron chi connectivity index (χ1n) is 11.0. The fraction of sp³-hybridized carbons (Fsp3) is 0.652. The topological polar surface area (TPSA) is 66.6 Å². The molecule has 1 atom stereocenters. The summed E-state index contributed by atoms with van der Waals surface area (Å²) < 4.78 is 0. The summed E-state index contributed by atoms with van der Waals surface area (Å²) in [5, 5.41) is 0. The van der Waals surface area contributed by atoms with Gasteiger partial charge < -0.3 is 10.6 Å². The van der Waals surface area contributed by atoms with Gasteiger partial charge in [-0.1, -0.05) is 25.0 Å². The minimum atomic E-state index is -0.366. The molecule has 0 spiro atoms. The molecule has 3 aliphatic rings. The highest BCUT2D eigenvalue weighted by Crippen LogP contribution is 2.36. The van der Waals surface area contributed by atoms with Crippen LogP contribution in [0.5, 0.6) is 0 Å². The van der Waals surface area contributed by atoms with Crippen molar-refractivity contribution in [2.45, 2.75) is 64.0 Å². The number of likely N-dealkylation sites (tertiary alicyclic amines) is 2. The lowest BCUT2D eigenvalue weighted by Crippen LogP contribution is -2.48.